The fourth-order valence-corrected chi connectivity index (χ4v) is 2.68. The molecule has 0 radical (unpaired) electrons. The minimum Gasteiger partial charge on any atom is -0.497 e. The highest BCUT2D eigenvalue weighted by Crippen LogP contribution is 2.20. The first-order valence-corrected chi connectivity index (χ1v) is 8.07. The molecule has 26 heavy (non-hydrogen) atoms. The number of ether oxygens (including phenoxy) is 1. The fourth-order valence-electron chi connectivity index (χ4n) is 2.68. The van der Waals surface area contributed by atoms with Gasteiger partial charge in [0.05, 0.1) is 19.0 Å². The molecule has 0 saturated heterocycles. The van der Waals surface area contributed by atoms with Crippen molar-refractivity contribution in [1.29, 1.82) is 0 Å². The third-order valence-corrected chi connectivity index (χ3v) is 4.06. The van der Waals surface area contributed by atoms with E-state index in [0.29, 0.717) is 11.4 Å². The van der Waals surface area contributed by atoms with Gasteiger partial charge in [-0.2, -0.15) is 0 Å². The van der Waals surface area contributed by atoms with E-state index in [9.17, 15) is 4.79 Å². The molecule has 0 saturated carbocycles. The van der Waals surface area contributed by atoms with Gasteiger partial charge in [-0.1, -0.05) is 6.07 Å². The number of pyridine rings is 1. The number of nitrogens with one attached hydrogen (secondary N) is 1. The van der Waals surface area contributed by atoms with Crippen LogP contribution in [0.25, 0.3) is 16.6 Å². The van der Waals surface area contributed by atoms with Gasteiger partial charge in [-0.15, -0.1) is 0 Å². The van der Waals surface area contributed by atoms with Gasteiger partial charge in [0.25, 0.3) is 5.91 Å². The van der Waals surface area contributed by atoms with Crippen LogP contribution in [-0.4, -0.2) is 27.6 Å². The maximum absolute atomic E-state index is 12.5. The summed E-state index contributed by atoms with van der Waals surface area (Å²) in [4.78, 5) is 20.9. The summed E-state index contributed by atoms with van der Waals surface area (Å²) in [5, 5.41) is 3.79. The first kappa shape index (κ1) is 15.8. The Hall–Kier alpha value is -3.67. The summed E-state index contributed by atoms with van der Waals surface area (Å²) in [5.41, 5.74) is 2.78. The molecule has 6 nitrogen and oxygen atoms in total. The average molecular weight is 344 g/mol. The molecule has 2 heterocycles. The molecule has 6 heteroatoms. The number of carbonyl (C=O) groups excluding carboxylic acids is 1. The molecule has 128 valence electrons. The van der Waals surface area contributed by atoms with Crippen LogP contribution < -0.4 is 10.1 Å². The van der Waals surface area contributed by atoms with Crippen molar-refractivity contribution in [3.63, 3.8) is 0 Å². The Morgan fingerprint density at radius 2 is 1.92 bits per heavy atom. The van der Waals surface area contributed by atoms with E-state index in [4.69, 9.17) is 4.74 Å². The summed E-state index contributed by atoms with van der Waals surface area (Å²) in [5.74, 6) is 0.507. The number of methoxy groups -OCH3 is 1. The second-order valence-electron chi connectivity index (χ2n) is 5.73. The quantitative estimate of drug-likeness (QED) is 0.613. The molecule has 2 aromatic heterocycles. The number of fused-ring (bicyclic) bond motifs is 1. The van der Waals surface area contributed by atoms with Gasteiger partial charge < -0.3 is 14.6 Å². The molecule has 1 amide bonds. The standard InChI is InChI=1S/C20H16N4O2/c1-26-17-7-9-18-14(12-17)2-8-19(23-18)20(25)22-15-3-5-16(6-4-15)24-11-10-21-13-24/h2-13H,1H3,(H,22,25). The number of aromatic nitrogens is 3. The van der Waals surface area contributed by atoms with E-state index in [1.54, 1.807) is 25.7 Å². The molecule has 4 rings (SSSR count). The zero-order valence-electron chi connectivity index (χ0n) is 14.1. The van der Waals surface area contributed by atoms with E-state index in [-0.39, 0.29) is 5.91 Å². The van der Waals surface area contributed by atoms with Crippen molar-refractivity contribution in [3.05, 3.63) is 79.0 Å². The van der Waals surface area contributed by atoms with Crippen LogP contribution in [0.4, 0.5) is 5.69 Å². The van der Waals surface area contributed by atoms with Crippen LogP contribution in [0.1, 0.15) is 10.5 Å². The summed E-state index contributed by atoms with van der Waals surface area (Å²) in [6.07, 6.45) is 5.31. The van der Waals surface area contributed by atoms with Crippen molar-refractivity contribution in [2.45, 2.75) is 0 Å². The van der Waals surface area contributed by atoms with Crippen LogP contribution in [-0.2, 0) is 0 Å². The van der Waals surface area contributed by atoms with E-state index in [1.165, 1.54) is 0 Å². The highest BCUT2D eigenvalue weighted by molar-refractivity contribution is 6.04. The number of anilines is 1. The Labute approximate surface area is 150 Å². The molecular formula is C20H16N4O2. The Balaban J connectivity index is 1.53. The minimum absolute atomic E-state index is 0.252. The highest BCUT2D eigenvalue weighted by atomic mass is 16.5. The van der Waals surface area contributed by atoms with E-state index in [2.05, 4.69) is 15.3 Å². The lowest BCUT2D eigenvalue weighted by molar-refractivity contribution is 0.102. The molecule has 0 aliphatic carbocycles. The Bertz CT molecular complexity index is 1060. The van der Waals surface area contributed by atoms with Crippen molar-refractivity contribution in [2.75, 3.05) is 12.4 Å². The molecule has 0 aliphatic rings. The van der Waals surface area contributed by atoms with Crippen LogP contribution in [0.2, 0.25) is 0 Å². The SMILES string of the molecule is COc1ccc2nc(C(=O)Nc3ccc(-n4ccnc4)cc3)ccc2c1. The Kier molecular flexibility index (Phi) is 4.07. The van der Waals surface area contributed by atoms with Gasteiger partial charge >= 0.3 is 0 Å². The third-order valence-electron chi connectivity index (χ3n) is 4.06. The predicted octanol–water partition coefficient (Wildman–Crippen LogP) is 3.68. The highest BCUT2D eigenvalue weighted by Gasteiger charge is 2.09. The van der Waals surface area contributed by atoms with Crippen LogP contribution >= 0.6 is 0 Å². The topological polar surface area (TPSA) is 69.0 Å². The lowest BCUT2D eigenvalue weighted by Crippen LogP contribution is -2.13. The Morgan fingerprint density at radius 1 is 1.08 bits per heavy atom. The summed E-state index contributed by atoms with van der Waals surface area (Å²) in [6.45, 7) is 0. The molecule has 0 unspecified atom stereocenters. The van der Waals surface area contributed by atoms with Crippen LogP contribution in [0.3, 0.4) is 0 Å². The zero-order valence-corrected chi connectivity index (χ0v) is 14.1. The fraction of sp³-hybridized carbons (Fsp3) is 0.0500. The van der Waals surface area contributed by atoms with Crippen LogP contribution in [0, 0.1) is 0 Å². The number of carbonyl (C=O) groups is 1. The molecule has 0 aliphatic heterocycles. The molecular weight excluding hydrogens is 328 g/mol. The molecule has 2 aromatic carbocycles. The van der Waals surface area contributed by atoms with Crippen molar-refractivity contribution < 1.29 is 9.53 Å². The smallest absolute Gasteiger partial charge is 0.274 e. The van der Waals surface area contributed by atoms with Gasteiger partial charge in [-0.3, -0.25) is 4.79 Å². The first-order chi connectivity index (χ1) is 12.7. The second kappa shape index (κ2) is 6.68. The maximum atomic E-state index is 12.5. The first-order valence-electron chi connectivity index (χ1n) is 8.07. The molecule has 0 fully saturated rings. The lowest BCUT2D eigenvalue weighted by Gasteiger charge is -2.08. The normalized spacial score (nSPS) is 10.7. The number of hydrogen-bond donors (Lipinski definition) is 1. The summed E-state index contributed by atoms with van der Waals surface area (Å²) < 4.78 is 7.10. The van der Waals surface area contributed by atoms with Crippen LogP contribution in [0.15, 0.2) is 73.3 Å². The largest absolute Gasteiger partial charge is 0.497 e. The molecule has 1 N–H and O–H groups in total. The maximum Gasteiger partial charge on any atom is 0.274 e. The van der Waals surface area contributed by atoms with E-state index in [1.807, 2.05) is 59.3 Å². The molecule has 0 atom stereocenters. The molecule has 4 aromatic rings. The lowest BCUT2D eigenvalue weighted by atomic mass is 10.2. The van der Waals surface area contributed by atoms with Gasteiger partial charge in [0, 0.05) is 29.2 Å². The van der Waals surface area contributed by atoms with Gasteiger partial charge in [-0.25, -0.2) is 9.97 Å². The van der Waals surface area contributed by atoms with Gasteiger partial charge in [-0.05, 0) is 48.5 Å². The monoisotopic (exact) mass is 344 g/mol. The molecule has 0 bridgehead atoms. The Morgan fingerprint density at radius 3 is 2.65 bits per heavy atom. The van der Waals surface area contributed by atoms with Crippen molar-refractivity contribution in [1.82, 2.24) is 14.5 Å². The second-order valence-corrected chi connectivity index (χ2v) is 5.73. The van der Waals surface area contributed by atoms with Crippen molar-refractivity contribution >= 4 is 22.5 Å². The number of benzene rings is 2. The van der Waals surface area contributed by atoms with E-state index < -0.39 is 0 Å². The van der Waals surface area contributed by atoms with E-state index >= 15 is 0 Å². The summed E-state index contributed by atoms with van der Waals surface area (Å²) in [6, 6.07) is 16.6. The van der Waals surface area contributed by atoms with Gasteiger partial charge in [0.1, 0.15) is 11.4 Å². The average Bonchev–Trinajstić information content (AvgIpc) is 3.22. The summed E-state index contributed by atoms with van der Waals surface area (Å²) >= 11 is 0. The third kappa shape index (κ3) is 3.12. The molecule has 0 spiro atoms. The van der Waals surface area contributed by atoms with Crippen molar-refractivity contribution in [2.24, 2.45) is 0 Å². The summed E-state index contributed by atoms with van der Waals surface area (Å²) in [7, 11) is 1.62. The number of hydrogen-bond acceptors (Lipinski definition) is 4. The van der Waals surface area contributed by atoms with Gasteiger partial charge in [0.15, 0.2) is 0 Å². The minimum atomic E-state index is -0.252. The zero-order chi connectivity index (χ0) is 17.9. The van der Waals surface area contributed by atoms with Gasteiger partial charge in [0.2, 0.25) is 0 Å². The van der Waals surface area contributed by atoms with Crippen LogP contribution in [0.5, 0.6) is 5.75 Å². The number of rotatable bonds is 4. The number of nitrogens with zero attached hydrogens (tertiary/aromatic N) is 3. The number of imidazole rings is 1. The predicted molar refractivity (Wildman–Crippen MR) is 99.8 cm³/mol. The number of amides is 1. The van der Waals surface area contributed by atoms with E-state index in [0.717, 1.165) is 22.3 Å². The van der Waals surface area contributed by atoms with Crippen molar-refractivity contribution in [3.8, 4) is 11.4 Å².